The van der Waals surface area contributed by atoms with Crippen molar-refractivity contribution in [3.63, 3.8) is 0 Å². The molecule has 28 heavy (non-hydrogen) atoms. The lowest BCUT2D eigenvalue weighted by Gasteiger charge is -2.10. The Kier molecular flexibility index (Phi) is 6.54. The molecule has 1 unspecified atom stereocenters. The van der Waals surface area contributed by atoms with Crippen LogP contribution in [-0.2, 0) is 11.3 Å². The van der Waals surface area contributed by atoms with E-state index in [-0.39, 0.29) is 11.2 Å². The summed E-state index contributed by atoms with van der Waals surface area (Å²) in [6, 6.07) is 15.1. The molecule has 1 heterocycles. The first-order chi connectivity index (χ1) is 13.6. The Morgan fingerprint density at radius 1 is 1.14 bits per heavy atom. The molecule has 0 aliphatic carbocycles. The maximum absolute atomic E-state index is 12.3. The van der Waals surface area contributed by atoms with Gasteiger partial charge >= 0.3 is 0 Å². The fourth-order valence-electron chi connectivity index (χ4n) is 2.47. The molecule has 1 atom stereocenters. The van der Waals surface area contributed by atoms with Gasteiger partial charge in [0.1, 0.15) is 11.5 Å². The maximum atomic E-state index is 12.3. The standard InChI is InChI=1S/C20H21N3O4S/c1-13(18(24)21-12-14-7-5-4-6-8-14)28-20-23-22-19(27-20)16-10-9-15(25-2)11-17(16)26-3/h4-11,13H,12H2,1-3H3,(H,21,24). The van der Waals surface area contributed by atoms with Crippen LogP contribution in [0.3, 0.4) is 0 Å². The molecule has 1 N–H and O–H groups in total. The van der Waals surface area contributed by atoms with Gasteiger partial charge in [0.2, 0.25) is 5.91 Å². The summed E-state index contributed by atoms with van der Waals surface area (Å²) in [4.78, 5) is 12.3. The average molecular weight is 399 g/mol. The van der Waals surface area contributed by atoms with Crippen molar-refractivity contribution in [2.75, 3.05) is 14.2 Å². The summed E-state index contributed by atoms with van der Waals surface area (Å²) in [6.07, 6.45) is 0. The zero-order chi connectivity index (χ0) is 19.9. The number of carbonyl (C=O) groups is 1. The highest BCUT2D eigenvalue weighted by Crippen LogP contribution is 2.34. The van der Waals surface area contributed by atoms with Gasteiger partial charge in [-0.1, -0.05) is 42.1 Å². The number of thioether (sulfide) groups is 1. The maximum Gasteiger partial charge on any atom is 0.277 e. The molecular weight excluding hydrogens is 378 g/mol. The second kappa shape index (κ2) is 9.27. The number of carbonyl (C=O) groups excluding carboxylic acids is 1. The number of nitrogens with one attached hydrogen (secondary N) is 1. The number of methoxy groups -OCH3 is 2. The Hall–Kier alpha value is -3.00. The van der Waals surface area contributed by atoms with E-state index in [2.05, 4.69) is 15.5 Å². The SMILES string of the molecule is COc1ccc(-c2nnc(SC(C)C(=O)NCc3ccccc3)o2)c(OC)c1. The van der Waals surface area contributed by atoms with E-state index >= 15 is 0 Å². The third kappa shape index (κ3) is 4.83. The van der Waals surface area contributed by atoms with Crippen LogP contribution in [0.15, 0.2) is 58.2 Å². The highest BCUT2D eigenvalue weighted by atomic mass is 32.2. The van der Waals surface area contributed by atoms with Gasteiger partial charge in [-0.2, -0.15) is 0 Å². The minimum absolute atomic E-state index is 0.101. The van der Waals surface area contributed by atoms with Crippen LogP contribution in [0.5, 0.6) is 11.5 Å². The van der Waals surface area contributed by atoms with Crippen molar-refractivity contribution in [2.45, 2.75) is 23.9 Å². The van der Waals surface area contributed by atoms with Gasteiger partial charge in [-0.05, 0) is 24.6 Å². The highest BCUT2D eigenvalue weighted by Gasteiger charge is 2.20. The summed E-state index contributed by atoms with van der Waals surface area (Å²) in [5, 5.41) is 10.9. The molecule has 1 amide bonds. The zero-order valence-corrected chi connectivity index (χ0v) is 16.7. The first-order valence-electron chi connectivity index (χ1n) is 8.65. The van der Waals surface area contributed by atoms with Crippen LogP contribution in [0.1, 0.15) is 12.5 Å². The number of nitrogens with zero attached hydrogens (tertiary/aromatic N) is 2. The van der Waals surface area contributed by atoms with Crippen molar-refractivity contribution in [1.29, 1.82) is 0 Å². The lowest BCUT2D eigenvalue weighted by Crippen LogP contribution is -2.30. The van der Waals surface area contributed by atoms with E-state index in [1.165, 1.54) is 11.8 Å². The van der Waals surface area contributed by atoms with Gasteiger partial charge in [0.15, 0.2) is 0 Å². The monoisotopic (exact) mass is 399 g/mol. The zero-order valence-electron chi connectivity index (χ0n) is 15.8. The number of hydrogen-bond donors (Lipinski definition) is 1. The van der Waals surface area contributed by atoms with E-state index in [4.69, 9.17) is 13.9 Å². The Morgan fingerprint density at radius 2 is 1.93 bits per heavy atom. The molecule has 2 aromatic carbocycles. The third-order valence-electron chi connectivity index (χ3n) is 4.00. The Balaban J connectivity index is 1.63. The molecule has 7 nitrogen and oxygen atoms in total. The van der Waals surface area contributed by atoms with E-state index < -0.39 is 0 Å². The van der Waals surface area contributed by atoms with Crippen molar-refractivity contribution in [3.05, 3.63) is 54.1 Å². The summed E-state index contributed by atoms with van der Waals surface area (Å²) in [5.74, 6) is 1.45. The van der Waals surface area contributed by atoms with Gasteiger partial charge in [-0.25, -0.2) is 0 Å². The largest absolute Gasteiger partial charge is 0.497 e. The molecule has 0 aliphatic rings. The molecule has 0 radical (unpaired) electrons. The molecule has 3 rings (SSSR count). The van der Waals surface area contributed by atoms with Gasteiger partial charge < -0.3 is 19.2 Å². The molecule has 0 saturated heterocycles. The lowest BCUT2D eigenvalue weighted by molar-refractivity contribution is -0.120. The number of aromatic nitrogens is 2. The van der Waals surface area contributed by atoms with Gasteiger partial charge in [-0.15, -0.1) is 10.2 Å². The van der Waals surface area contributed by atoms with Gasteiger partial charge in [-0.3, -0.25) is 4.79 Å². The summed E-state index contributed by atoms with van der Waals surface area (Å²) < 4.78 is 16.3. The van der Waals surface area contributed by atoms with E-state index in [0.717, 1.165) is 5.56 Å². The molecule has 0 spiro atoms. The van der Waals surface area contributed by atoms with E-state index in [9.17, 15) is 4.79 Å². The number of benzene rings is 2. The molecule has 146 valence electrons. The number of rotatable bonds is 8. The van der Waals surface area contributed by atoms with Crippen LogP contribution in [-0.4, -0.2) is 35.6 Å². The van der Waals surface area contributed by atoms with Crippen LogP contribution in [0.2, 0.25) is 0 Å². The average Bonchev–Trinajstić information content (AvgIpc) is 3.20. The number of ether oxygens (including phenoxy) is 2. The van der Waals surface area contributed by atoms with Crippen molar-refractivity contribution < 1.29 is 18.7 Å². The minimum atomic E-state index is -0.380. The van der Waals surface area contributed by atoms with Crippen LogP contribution in [0, 0.1) is 0 Å². The number of amides is 1. The van der Waals surface area contributed by atoms with Crippen LogP contribution >= 0.6 is 11.8 Å². The predicted molar refractivity (Wildman–Crippen MR) is 106 cm³/mol. The second-order valence-corrected chi connectivity index (χ2v) is 7.19. The quantitative estimate of drug-likeness (QED) is 0.580. The van der Waals surface area contributed by atoms with E-state index in [1.807, 2.05) is 30.3 Å². The Labute approximate surface area is 167 Å². The molecule has 0 bridgehead atoms. The molecule has 0 aliphatic heterocycles. The predicted octanol–water partition coefficient (Wildman–Crippen LogP) is 3.55. The summed E-state index contributed by atoms with van der Waals surface area (Å²) in [5.41, 5.74) is 1.70. The fourth-order valence-corrected chi connectivity index (χ4v) is 3.18. The topological polar surface area (TPSA) is 86.5 Å². The smallest absolute Gasteiger partial charge is 0.277 e. The normalized spacial score (nSPS) is 11.7. The number of hydrogen-bond acceptors (Lipinski definition) is 7. The van der Waals surface area contributed by atoms with Crippen molar-refractivity contribution >= 4 is 17.7 Å². The van der Waals surface area contributed by atoms with E-state index in [0.29, 0.717) is 34.7 Å². The van der Waals surface area contributed by atoms with Crippen molar-refractivity contribution in [3.8, 4) is 23.0 Å². The van der Waals surface area contributed by atoms with Crippen molar-refractivity contribution in [1.82, 2.24) is 15.5 Å². The molecule has 1 aromatic heterocycles. The van der Waals surface area contributed by atoms with Crippen LogP contribution in [0.25, 0.3) is 11.5 Å². The van der Waals surface area contributed by atoms with Gasteiger partial charge in [0.25, 0.3) is 11.1 Å². The second-order valence-electron chi connectivity index (χ2n) is 5.90. The van der Waals surface area contributed by atoms with Crippen molar-refractivity contribution in [2.24, 2.45) is 0 Å². The lowest BCUT2D eigenvalue weighted by atomic mass is 10.2. The first-order valence-corrected chi connectivity index (χ1v) is 9.53. The Bertz CT molecular complexity index is 930. The molecule has 0 saturated carbocycles. The minimum Gasteiger partial charge on any atom is -0.497 e. The van der Waals surface area contributed by atoms with Crippen LogP contribution in [0.4, 0.5) is 0 Å². The third-order valence-corrected chi connectivity index (χ3v) is 4.94. The van der Waals surface area contributed by atoms with Crippen LogP contribution < -0.4 is 14.8 Å². The summed E-state index contributed by atoms with van der Waals surface area (Å²) in [6.45, 7) is 2.27. The van der Waals surface area contributed by atoms with E-state index in [1.54, 1.807) is 39.3 Å². The molecule has 0 fully saturated rings. The molecule has 3 aromatic rings. The van der Waals surface area contributed by atoms with Gasteiger partial charge in [0.05, 0.1) is 25.0 Å². The molecular formula is C20H21N3O4S. The summed E-state index contributed by atoms with van der Waals surface area (Å²) >= 11 is 1.21. The molecule has 8 heteroatoms. The highest BCUT2D eigenvalue weighted by molar-refractivity contribution is 8.00. The fraction of sp³-hybridized carbons (Fsp3) is 0.250. The first kappa shape index (κ1) is 19.8. The Morgan fingerprint density at radius 3 is 2.64 bits per heavy atom. The summed E-state index contributed by atoms with van der Waals surface area (Å²) in [7, 11) is 3.14. The van der Waals surface area contributed by atoms with Gasteiger partial charge in [0, 0.05) is 12.6 Å².